The Balaban J connectivity index is 2.31. The van der Waals surface area contributed by atoms with E-state index in [0.29, 0.717) is 18.8 Å². The molecule has 7 heteroatoms. The van der Waals surface area contributed by atoms with Crippen molar-refractivity contribution < 1.29 is 17.9 Å². The van der Waals surface area contributed by atoms with Gasteiger partial charge < -0.3 is 9.72 Å². The Bertz CT molecular complexity index is 688. The molecule has 1 aromatic heterocycles. The van der Waals surface area contributed by atoms with Crippen LogP contribution in [0.3, 0.4) is 0 Å². The van der Waals surface area contributed by atoms with Gasteiger partial charge in [0.2, 0.25) is 10.0 Å². The molecule has 0 bridgehead atoms. The van der Waals surface area contributed by atoms with Gasteiger partial charge in [-0.2, -0.15) is 4.31 Å². The van der Waals surface area contributed by atoms with Crippen LogP contribution in [-0.2, 0) is 21.3 Å². The highest BCUT2D eigenvalue weighted by Crippen LogP contribution is 2.28. The van der Waals surface area contributed by atoms with E-state index in [1.165, 1.54) is 12.7 Å². The molecule has 6 nitrogen and oxygen atoms in total. The van der Waals surface area contributed by atoms with E-state index in [9.17, 15) is 13.2 Å². The first kappa shape index (κ1) is 19.0. The number of nitrogens with zero attached hydrogens (tertiary/aromatic N) is 1. The van der Waals surface area contributed by atoms with Gasteiger partial charge in [-0.25, -0.2) is 13.2 Å². The summed E-state index contributed by atoms with van der Waals surface area (Å²) >= 11 is 0. The maximum atomic E-state index is 12.3. The quantitative estimate of drug-likeness (QED) is 0.795. The molecule has 0 aromatic carbocycles. The van der Waals surface area contributed by atoms with Gasteiger partial charge in [0.05, 0.1) is 12.9 Å². The number of esters is 1. The monoisotopic (exact) mass is 356 g/mol. The SMILES string of the molecule is CCOC(=O)c1[nH]c(C)c(CN(C2CCCCC2)S(C)(=O)=O)c1C. The molecular formula is C17H28N2O4S. The fraction of sp³-hybridized carbons (Fsp3) is 0.706. The molecule has 1 N–H and O–H groups in total. The third-order valence-corrected chi connectivity index (χ3v) is 6.07. The number of aromatic amines is 1. The third kappa shape index (κ3) is 4.19. The van der Waals surface area contributed by atoms with Gasteiger partial charge >= 0.3 is 5.97 Å². The molecule has 0 spiro atoms. The Morgan fingerprint density at radius 3 is 2.42 bits per heavy atom. The van der Waals surface area contributed by atoms with Gasteiger partial charge in [0, 0.05) is 18.3 Å². The lowest BCUT2D eigenvalue weighted by Gasteiger charge is -2.32. The number of H-pyrrole nitrogens is 1. The summed E-state index contributed by atoms with van der Waals surface area (Å²) in [6.07, 6.45) is 6.38. The number of hydrogen-bond donors (Lipinski definition) is 1. The van der Waals surface area contributed by atoms with Crippen molar-refractivity contribution in [3.63, 3.8) is 0 Å². The minimum Gasteiger partial charge on any atom is -0.461 e. The molecule has 136 valence electrons. The van der Waals surface area contributed by atoms with Crippen molar-refractivity contribution in [1.29, 1.82) is 0 Å². The largest absolute Gasteiger partial charge is 0.461 e. The minimum absolute atomic E-state index is 0.0495. The number of sulfonamides is 1. The number of aryl methyl sites for hydroxylation is 1. The first-order chi connectivity index (χ1) is 11.3. The van der Waals surface area contributed by atoms with Crippen LogP contribution in [0.15, 0.2) is 0 Å². The lowest BCUT2D eigenvalue weighted by Crippen LogP contribution is -2.40. The van der Waals surface area contributed by atoms with E-state index in [1.54, 1.807) is 11.2 Å². The van der Waals surface area contributed by atoms with Crippen LogP contribution >= 0.6 is 0 Å². The fourth-order valence-corrected chi connectivity index (χ4v) is 4.59. The Morgan fingerprint density at radius 1 is 1.25 bits per heavy atom. The summed E-state index contributed by atoms with van der Waals surface area (Å²) in [6, 6.07) is 0.0495. The first-order valence-corrected chi connectivity index (χ1v) is 10.4. The van der Waals surface area contributed by atoms with Crippen LogP contribution in [0.25, 0.3) is 0 Å². The van der Waals surface area contributed by atoms with Crippen molar-refractivity contribution in [2.45, 2.75) is 65.5 Å². The molecule has 0 radical (unpaired) electrons. The van der Waals surface area contributed by atoms with Gasteiger partial charge in [0.25, 0.3) is 0 Å². The number of carbonyl (C=O) groups excluding carboxylic acids is 1. The van der Waals surface area contributed by atoms with E-state index in [2.05, 4.69) is 4.98 Å². The maximum absolute atomic E-state index is 12.3. The van der Waals surface area contributed by atoms with Gasteiger partial charge in [-0.15, -0.1) is 0 Å². The summed E-state index contributed by atoms with van der Waals surface area (Å²) < 4.78 is 31.3. The molecule has 1 aliphatic carbocycles. The maximum Gasteiger partial charge on any atom is 0.355 e. The number of hydrogen-bond acceptors (Lipinski definition) is 4. The lowest BCUT2D eigenvalue weighted by molar-refractivity contribution is 0.0519. The summed E-state index contributed by atoms with van der Waals surface area (Å²) in [5, 5.41) is 0. The van der Waals surface area contributed by atoms with Gasteiger partial charge in [0.15, 0.2) is 0 Å². The molecule has 2 rings (SSSR count). The van der Waals surface area contributed by atoms with E-state index < -0.39 is 16.0 Å². The second-order valence-corrected chi connectivity index (χ2v) is 8.48. The second-order valence-electron chi connectivity index (χ2n) is 6.55. The van der Waals surface area contributed by atoms with Crippen molar-refractivity contribution in [1.82, 2.24) is 9.29 Å². The third-order valence-electron chi connectivity index (χ3n) is 4.79. The second kappa shape index (κ2) is 7.70. The molecule has 1 saturated carbocycles. The average molecular weight is 356 g/mol. The molecule has 24 heavy (non-hydrogen) atoms. The number of rotatable bonds is 6. The number of carbonyl (C=O) groups is 1. The van der Waals surface area contributed by atoms with Crippen LogP contribution in [0.1, 0.15) is 66.3 Å². The molecule has 0 amide bonds. The zero-order valence-electron chi connectivity index (χ0n) is 15.0. The van der Waals surface area contributed by atoms with Gasteiger partial charge in [0.1, 0.15) is 5.69 Å². The summed E-state index contributed by atoms with van der Waals surface area (Å²) in [5.41, 5.74) is 2.88. The minimum atomic E-state index is -3.31. The molecule has 0 saturated heterocycles. The summed E-state index contributed by atoms with van der Waals surface area (Å²) in [5.74, 6) is -0.395. The Morgan fingerprint density at radius 2 is 1.88 bits per heavy atom. The Kier molecular flexibility index (Phi) is 6.09. The molecule has 1 aromatic rings. The van der Waals surface area contributed by atoms with E-state index in [1.807, 2.05) is 13.8 Å². The average Bonchev–Trinajstić information content (AvgIpc) is 2.80. The molecule has 1 heterocycles. The smallest absolute Gasteiger partial charge is 0.355 e. The predicted molar refractivity (Wildman–Crippen MR) is 93.5 cm³/mol. The van der Waals surface area contributed by atoms with Crippen molar-refractivity contribution in [3.8, 4) is 0 Å². The zero-order chi connectivity index (χ0) is 17.9. The van der Waals surface area contributed by atoms with Crippen molar-refractivity contribution in [3.05, 3.63) is 22.5 Å². The molecule has 0 unspecified atom stereocenters. The normalized spacial score (nSPS) is 16.5. The van der Waals surface area contributed by atoms with Crippen molar-refractivity contribution >= 4 is 16.0 Å². The van der Waals surface area contributed by atoms with E-state index in [-0.39, 0.29) is 6.04 Å². The van der Waals surface area contributed by atoms with Gasteiger partial charge in [-0.05, 0) is 44.7 Å². The van der Waals surface area contributed by atoms with Crippen LogP contribution < -0.4 is 0 Å². The summed E-state index contributed by atoms with van der Waals surface area (Å²) in [6.45, 7) is 6.08. The van der Waals surface area contributed by atoms with E-state index in [0.717, 1.165) is 42.5 Å². The van der Waals surface area contributed by atoms with E-state index in [4.69, 9.17) is 4.74 Å². The standard InChI is InChI=1S/C17H28N2O4S/c1-5-23-17(20)16-12(2)15(13(3)18-16)11-19(24(4,21)22)14-9-7-6-8-10-14/h14,18H,5-11H2,1-4H3. The summed E-state index contributed by atoms with van der Waals surface area (Å²) in [4.78, 5) is 15.1. The number of ether oxygens (including phenoxy) is 1. The van der Waals surface area contributed by atoms with Crippen LogP contribution in [0, 0.1) is 13.8 Å². The zero-order valence-corrected chi connectivity index (χ0v) is 15.8. The highest BCUT2D eigenvalue weighted by molar-refractivity contribution is 7.88. The highest BCUT2D eigenvalue weighted by Gasteiger charge is 2.30. The van der Waals surface area contributed by atoms with Crippen LogP contribution in [0.5, 0.6) is 0 Å². The van der Waals surface area contributed by atoms with Crippen LogP contribution in [-0.4, -0.2) is 42.6 Å². The predicted octanol–water partition coefficient (Wildman–Crippen LogP) is 2.90. The topological polar surface area (TPSA) is 79.5 Å². The van der Waals surface area contributed by atoms with Crippen molar-refractivity contribution in [2.75, 3.05) is 12.9 Å². The number of nitrogens with one attached hydrogen (secondary N) is 1. The molecular weight excluding hydrogens is 328 g/mol. The first-order valence-electron chi connectivity index (χ1n) is 8.57. The molecule has 0 aliphatic heterocycles. The molecule has 1 aliphatic rings. The Hall–Kier alpha value is -1.34. The van der Waals surface area contributed by atoms with E-state index >= 15 is 0 Å². The van der Waals surface area contributed by atoms with Crippen LogP contribution in [0.2, 0.25) is 0 Å². The van der Waals surface area contributed by atoms with Gasteiger partial charge in [-0.1, -0.05) is 19.3 Å². The lowest BCUT2D eigenvalue weighted by atomic mass is 9.95. The number of aromatic nitrogens is 1. The van der Waals surface area contributed by atoms with Crippen LogP contribution in [0.4, 0.5) is 0 Å². The fourth-order valence-electron chi connectivity index (χ4n) is 3.48. The van der Waals surface area contributed by atoms with Crippen molar-refractivity contribution in [2.24, 2.45) is 0 Å². The van der Waals surface area contributed by atoms with Gasteiger partial charge in [-0.3, -0.25) is 0 Å². The molecule has 0 atom stereocenters. The molecule has 1 fully saturated rings. The highest BCUT2D eigenvalue weighted by atomic mass is 32.2. The Labute approximate surface area is 144 Å². The summed E-state index contributed by atoms with van der Waals surface area (Å²) in [7, 11) is -3.31.